The molecule has 1 fully saturated rings. The van der Waals surface area contributed by atoms with Crippen LogP contribution in [0.3, 0.4) is 0 Å². The second-order valence-corrected chi connectivity index (χ2v) is 5.81. The molecule has 0 aromatic carbocycles. The van der Waals surface area contributed by atoms with Gasteiger partial charge in [0.25, 0.3) is 0 Å². The zero-order valence-corrected chi connectivity index (χ0v) is 13.4. The Morgan fingerprint density at radius 3 is 2.31 bits per heavy atom. The van der Waals surface area contributed by atoms with Crippen molar-refractivity contribution in [1.29, 1.82) is 0 Å². The number of rotatable bonds is 2. The molecule has 0 saturated carbocycles. The minimum Gasteiger partial charge on any atom is -0.351 e. The van der Waals surface area contributed by atoms with Crippen LogP contribution in [0.5, 0.6) is 0 Å². The number of alkyl halides is 3. The van der Waals surface area contributed by atoms with Gasteiger partial charge < -0.3 is 9.80 Å². The number of hydrogen-bond donors (Lipinski definition) is 0. The molecule has 1 aliphatic heterocycles. The van der Waals surface area contributed by atoms with Crippen LogP contribution in [0.1, 0.15) is 5.56 Å². The van der Waals surface area contributed by atoms with Crippen molar-refractivity contribution in [2.75, 3.05) is 36.0 Å². The molecular weight excluding hydrogens is 354 g/mol. The first-order valence-electron chi connectivity index (χ1n) is 7.80. The van der Waals surface area contributed by atoms with Gasteiger partial charge in [0, 0.05) is 44.8 Å². The summed E-state index contributed by atoms with van der Waals surface area (Å²) < 4.78 is 53.7. The number of hydrogen-bond acceptors (Lipinski definition) is 6. The van der Waals surface area contributed by atoms with Gasteiger partial charge in [0.2, 0.25) is 5.65 Å². The van der Waals surface area contributed by atoms with Crippen LogP contribution in [0.15, 0.2) is 31.0 Å². The second kappa shape index (κ2) is 6.07. The van der Waals surface area contributed by atoms with E-state index in [-0.39, 0.29) is 5.82 Å². The van der Waals surface area contributed by atoms with E-state index in [0.717, 1.165) is 0 Å². The van der Waals surface area contributed by atoms with E-state index in [1.165, 1.54) is 0 Å². The molecule has 0 N–H and O–H groups in total. The zero-order valence-electron chi connectivity index (χ0n) is 13.4. The van der Waals surface area contributed by atoms with E-state index >= 15 is 0 Å². The van der Waals surface area contributed by atoms with Crippen LogP contribution < -0.4 is 9.80 Å². The average Bonchev–Trinajstić information content (AvgIpc) is 3.10. The minimum absolute atomic E-state index is 0.0775. The summed E-state index contributed by atoms with van der Waals surface area (Å²) in [4.78, 5) is 11.6. The lowest BCUT2D eigenvalue weighted by atomic mass is 10.2. The third kappa shape index (κ3) is 2.89. The van der Waals surface area contributed by atoms with Crippen LogP contribution >= 0.6 is 0 Å². The molecule has 7 nitrogen and oxygen atoms in total. The highest BCUT2D eigenvalue weighted by Crippen LogP contribution is 2.31. The molecule has 4 rings (SSSR count). The SMILES string of the molecule is Fc1cc(C(F)(F)F)cnc1N1CCN(c2nccn3cnnc23)CC1. The van der Waals surface area contributed by atoms with Crippen molar-refractivity contribution >= 4 is 17.3 Å². The van der Waals surface area contributed by atoms with Crippen molar-refractivity contribution in [3.05, 3.63) is 42.4 Å². The summed E-state index contributed by atoms with van der Waals surface area (Å²) in [5.41, 5.74) is -0.486. The number of anilines is 2. The fraction of sp³-hybridized carbons (Fsp3) is 0.333. The van der Waals surface area contributed by atoms with Gasteiger partial charge in [-0.3, -0.25) is 4.40 Å². The Hall–Kier alpha value is -2.98. The molecule has 0 atom stereocenters. The van der Waals surface area contributed by atoms with E-state index < -0.39 is 17.6 Å². The summed E-state index contributed by atoms with van der Waals surface area (Å²) in [7, 11) is 0. The molecule has 26 heavy (non-hydrogen) atoms. The highest BCUT2D eigenvalue weighted by atomic mass is 19.4. The molecule has 0 spiro atoms. The van der Waals surface area contributed by atoms with Crippen LogP contribution in [-0.4, -0.2) is 50.7 Å². The van der Waals surface area contributed by atoms with Crippen LogP contribution in [0, 0.1) is 5.82 Å². The molecule has 3 aromatic heterocycles. The molecule has 3 aromatic rings. The number of fused-ring (bicyclic) bond motifs is 1. The summed E-state index contributed by atoms with van der Waals surface area (Å²) in [6.45, 7) is 1.79. The third-order valence-electron chi connectivity index (χ3n) is 4.22. The molecular formula is C15H13F4N7. The maximum absolute atomic E-state index is 14.1. The monoisotopic (exact) mass is 367 g/mol. The van der Waals surface area contributed by atoms with Crippen LogP contribution in [-0.2, 0) is 6.18 Å². The van der Waals surface area contributed by atoms with Gasteiger partial charge in [-0.05, 0) is 6.07 Å². The highest BCUT2D eigenvalue weighted by Gasteiger charge is 2.33. The average molecular weight is 367 g/mol. The summed E-state index contributed by atoms with van der Waals surface area (Å²) >= 11 is 0. The Morgan fingerprint density at radius 1 is 0.962 bits per heavy atom. The van der Waals surface area contributed by atoms with Gasteiger partial charge >= 0.3 is 6.18 Å². The number of aromatic nitrogens is 5. The molecule has 0 bridgehead atoms. The molecule has 0 unspecified atom stereocenters. The first-order chi connectivity index (χ1) is 12.4. The third-order valence-corrected chi connectivity index (χ3v) is 4.22. The van der Waals surface area contributed by atoms with E-state index in [2.05, 4.69) is 20.2 Å². The number of halogens is 4. The molecule has 1 saturated heterocycles. The van der Waals surface area contributed by atoms with Gasteiger partial charge in [0.05, 0.1) is 5.56 Å². The summed E-state index contributed by atoms with van der Waals surface area (Å²) in [5, 5.41) is 7.88. The fourth-order valence-electron chi connectivity index (χ4n) is 2.92. The summed E-state index contributed by atoms with van der Waals surface area (Å²) in [5.74, 6) is -0.400. The smallest absolute Gasteiger partial charge is 0.351 e. The number of pyridine rings is 1. The minimum atomic E-state index is -4.62. The van der Waals surface area contributed by atoms with Crippen LogP contribution in [0.4, 0.5) is 29.2 Å². The zero-order chi connectivity index (χ0) is 18.3. The van der Waals surface area contributed by atoms with Crippen LogP contribution in [0.2, 0.25) is 0 Å². The van der Waals surface area contributed by atoms with E-state index in [4.69, 9.17) is 0 Å². The molecule has 0 aliphatic carbocycles. The lowest BCUT2D eigenvalue weighted by Gasteiger charge is -2.36. The Labute approximate surface area is 144 Å². The standard InChI is InChI=1S/C15H13F4N7/c16-11-7-10(15(17,18)19)8-21-12(11)24-3-5-25(6-4-24)13-14-23-22-9-26(14)2-1-20-13/h1-2,7-9H,3-6H2. The van der Waals surface area contributed by atoms with Crippen molar-refractivity contribution in [2.45, 2.75) is 6.18 Å². The first kappa shape index (κ1) is 16.5. The molecule has 4 heterocycles. The quantitative estimate of drug-likeness (QED) is 0.646. The Balaban J connectivity index is 1.51. The fourth-order valence-corrected chi connectivity index (χ4v) is 2.92. The van der Waals surface area contributed by atoms with Crippen LogP contribution in [0.25, 0.3) is 5.65 Å². The van der Waals surface area contributed by atoms with E-state index in [0.29, 0.717) is 49.9 Å². The Bertz CT molecular complexity index is 931. The van der Waals surface area contributed by atoms with Gasteiger partial charge in [-0.2, -0.15) is 13.2 Å². The van der Waals surface area contributed by atoms with Gasteiger partial charge in [-0.25, -0.2) is 14.4 Å². The normalized spacial score (nSPS) is 15.7. The lowest BCUT2D eigenvalue weighted by molar-refractivity contribution is -0.138. The van der Waals surface area contributed by atoms with Gasteiger partial charge in [-0.15, -0.1) is 10.2 Å². The van der Waals surface area contributed by atoms with E-state index in [1.54, 1.807) is 28.0 Å². The molecule has 1 aliphatic rings. The molecule has 0 radical (unpaired) electrons. The predicted octanol–water partition coefficient (Wildman–Crippen LogP) is 2.00. The first-order valence-corrected chi connectivity index (χ1v) is 7.80. The maximum Gasteiger partial charge on any atom is 0.417 e. The second-order valence-electron chi connectivity index (χ2n) is 5.81. The van der Waals surface area contributed by atoms with Gasteiger partial charge in [0.15, 0.2) is 17.5 Å². The van der Waals surface area contributed by atoms with E-state index in [9.17, 15) is 17.6 Å². The summed E-state index contributed by atoms with van der Waals surface area (Å²) in [6, 6.07) is 0.479. The Morgan fingerprint density at radius 2 is 1.65 bits per heavy atom. The topological polar surface area (TPSA) is 62.5 Å². The van der Waals surface area contributed by atoms with Crippen molar-refractivity contribution in [3.63, 3.8) is 0 Å². The predicted molar refractivity (Wildman–Crippen MR) is 84.4 cm³/mol. The number of piperazine rings is 1. The highest BCUT2D eigenvalue weighted by molar-refractivity contribution is 5.64. The number of nitrogens with zero attached hydrogens (tertiary/aromatic N) is 7. The van der Waals surface area contributed by atoms with Crippen molar-refractivity contribution in [2.24, 2.45) is 0 Å². The van der Waals surface area contributed by atoms with Gasteiger partial charge in [0.1, 0.15) is 6.33 Å². The lowest BCUT2D eigenvalue weighted by Crippen LogP contribution is -2.47. The van der Waals surface area contributed by atoms with Crippen molar-refractivity contribution < 1.29 is 17.6 Å². The molecule has 0 amide bonds. The van der Waals surface area contributed by atoms with Crippen molar-refractivity contribution in [3.8, 4) is 0 Å². The molecule has 11 heteroatoms. The summed E-state index contributed by atoms with van der Waals surface area (Å²) in [6.07, 6.45) is 0.973. The largest absolute Gasteiger partial charge is 0.417 e. The Kier molecular flexibility index (Phi) is 3.85. The van der Waals surface area contributed by atoms with Gasteiger partial charge in [-0.1, -0.05) is 0 Å². The van der Waals surface area contributed by atoms with E-state index in [1.807, 2.05) is 4.90 Å². The van der Waals surface area contributed by atoms with Crippen molar-refractivity contribution in [1.82, 2.24) is 24.6 Å². The molecule has 136 valence electrons. The maximum atomic E-state index is 14.1.